The van der Waals surface area contributed by atoms with Crippen LogP contribution >= 0.6 is 0 Å². The smallest absolute Gasteiger partial charge is 0.268 e. The van der Waals surface area contributed by atoms with Gasteiger partial charge in [-0.3, -0.25) is 4.79 Å². The Balaban J connectivity index is 1.88. The number of benzene rings is 1. The molecule has 0 aliphatic carbocycles. The highest BCUT2D eigenvalue weighted by atomic mass is 32.2. The van der Waals surface area contributed by atoms with Gasteiger partial charge in [-0.2, -0.15) is 4.31 Å². The van der Waals surface area contributed by atoms with Crippen molar-refractivity contribution in [3.8, 4) is 5.75 Å². The van der Waals surface area contributed by atoms with Crippen molar-refractivity contribution in [2.24, 2.45) is 7.05 Å². The molecule has 1 unspecified atom stereocenters. The third-order valence-corrected chi connectivity index (χ3v) is 7.35. The molecule has 0 saturated carbocycles. The van der Waals surface area contributed by atoms with Gasteiger partial charge in [0.05, 0.1) is 12.6 Å². The lowest BCUT2D eigenvalue weighted by Gasteiger charge is -2.28. The molecule has 2 aromatic rings. The number of carbonyl (C=O) groups excluding carboxylic acids is 1. The first-order valence-corrected chi connectivity index (χ1v) is 11.3. The van der Waals surface area contributed by atoms with E-state index in [-0.39, 0.29) is 16.8 Å². The lowest BCUT2D eigenvalue weighted by atomic mass is 9.95. The minimum Gasteiger partial charge on any atom is -0.493 e. The number of nitrogens with one attached hydrogen (secondary N) is 1. The zero-order valence-corrected chi connectivity index (χ0v) is 18.5. The average Bonchev–Trinajstić information content (AvgIpc) is 3.06. The zero-order valence-electron chi connectivity index (χ0n) is 17.7. The third kappa shape index (κ3) is 4.04. The van der Waals surface area contributed by atoms with Crippen molar-refractivity contribution in [3.05, 3.63) is 46.8 Å². The maximum absolute atomic E-state index is 13.0. The van der Waals surface area contributed by atoms with E-state index >= 15 is 0 Å². The van der Waals surface area contributed by atoms with E-state index in [1.54, 1.807) is 25.5 Å². The van der Waals surface area contributed by atoms with Crippen molar-refractivity contribution in [3.63, 3.8) is 0 Å². The molecule has 0 bridgehead atoms. The Morgan fingerprint density at radius 2 is 1.93 bits per heavy atom. The molecule has 2 heterocycles. The molecule has 1 atom stereocenters. The van der Waals surface area contributed by atoms with Gasteiger partial charge < -0.3 is 14.6 Å². The quantitative estimate of drug-likeness (QED) is 0.781. The molecule has 0 radical (unpaired) electrons. The van der Waals surface area contributed by atoms with Crippen molar-refractivity contribution >= 4 is 15.9 Å². The number of amides is 1. The summed E-state index contributed by atoms with van der Waals surface area (Å²) in [6.45, 7) is 8.89. The van der Waals surface area contributed by atoms with Crippen LogP contribution in [0.3, 0.4) is 0 Å². The number of nitrogens with zero attached hydrogens (tertiary/aromatic N) is 2. The van der Waals surface area contributed by atoms with Crippen LogP contribution in [0.2, 0.25) is 0 Å². The molecule has 0 spiro atoms. The summed E-state index contributed by atoms with van der Waals surface area (Å²) < 4.78 is 34.3. The Morgan fingerprint density at radius 3 is 2.59 bits per heavy atom. The number of sulfonamides is 1. The fourth-order valence-electron chi connectivity index (χ4n) is 3.87. The van der Waals surface area contributed by atoms with E-state index in [9.17, 15) is 13.2 Å². The van der Waals surface area contributed by atoms with Gasteiger partial charge in [-0.25, -0.2) is 8.42 Å². The zero-order chi connectivity index (χ0) is 21.3. The summed E-state index contributed by atoms with van der Waals surface area (Å²) >= 11 is 0. The van der Waals surface area contributed by atoms with Gasteiger partial charge in [0.1, 0.15) is 16.3 Å². The molecule has 1 N–H and O–H groups in total. The molecule has 3 rings (SSSR count). The Labute approximate surface area is 172 Å². The highest BCUT2D eigenvalue weighted by molar-refractivity contribution is 7.89. The number of hydrogen-bond donors (Lipinski definition) is 1. The van der Waals surface area contributed by atoms with Crippen molar-refractivity contribution in [1.82, 2.24) is 14.2 Å². The highest BCUT2D eigenvalue weighted by Crippen LogP contribution is 2.36. The predicted octanol–water partition coefficient (Wildman–Crippen LogP) is 2.93. The molecule has 1 aliphatic rings. The number of fused-ring (bicyclic) bond motifs is 1. The summed E-state index contributed by atoms with van der Waals surface area (Å²) in [5.41, 5.74) is 3.43. The SMILES string of the molecule is CCN(CC)S(=O)(=O)c1cc(C(=O)NC2CCOc3c(C)cc(C)cc32)n(C)c1. The van der Waals surface area contributed by atoms with Gasteiger partial charge >= 0.3 is 0 Å². The van der Waals surface area contributed by atoms with Crippen molar-refractivity contribution in [2.45, 2.75) is 45.1 Å². The van der Waals surface area contributed by atoms with E-state index in [0.717, 1.165) is 22.4 Å². The normalized spacial score (nSPS) is 16.4. The van der Waals surface area contributed by atoms with E-state index in [4.69, 9.17) is 4.74 Å². The molecule has 8 heteroatoms. The van der Waals surface area contributed by atoms with Crippen LogP contribution in [-0.4, -0.2) is 42.9 Å². The van der Waals surface area contributed by atoms with Crippen LogP contribution in [0.1, 0.15) is 53.5 Å². The minimum atomic E-state index is -3.62. The molecule has 1 aromatic carbocycles. The summed E-state index contributed by atoms with van der Waals surface area (Å²) in [6.07, 6.45) is 2.16. The lowest BCUT2D eigenvalue weighted by Crippen LogP contribution is -2.33. The van der Waals surface area contributed by atoms with E-state index in [0.29, 0.717) is 31.8 Å². The molecule has 0 fully saturated rings. The van der Waals surface area contributed by atoms with Crippen LogP contribution in [0.25, 0.3) is 0 Å². The van der Waals surface area contributed by atoms with Gasteiger partial charge in [-0.1, -0.05) is 31.5 Å². The van der Waals surface area contributed by atoms with E-state index < -0.39 is 10.0 Å². The molecule has 7 nitrogen and oxygen atoms in total. The number of ether oxygens (including phenoxy) is 1. The van der Waals surface area contributed by atoms with Gasteiger partial charge in [0.2, 0.25) is 10.0 Å². The van der Waals surface area contributed by atoms with Gasteiger partial charge in [-0.05, 0) is 25.5 Å². The number of rotatable bonds is 6. The van der Waals surface area contributed by atoms with Crippen molar-refractivity contribution < 1.29 is 17.9 Å². The minimum absolute atomic E-state index is 0.132. The van der Waals surface area contributed by atoms with Gasteiger partial charge in [-0.15, -0.1) is 0 Å². The fraction of sp³-hybridized carbons (Fsp3) is 0.476. The summed E-state index contributed by atoms with van der Waals surface area (Å²) in [6, 6.07) is 5.37. The maximum Gasteiger partial charge on any atom is 0.268 e. The first kappa shape index (κ1) is 21.4. The summed E-state index contributed by atoms with van der Waals surface area (Å²) in [7, 11) is -1.93. The maximum atomic E-state index is 13.0. The number of carbonyl (C=O) groups is 1. The van der Waals surface area contributed by atoms with Crippen molar-refractivity contribution in [2.75, 3.05) is 19.7 Å². The van der Waals surface area contributed by atoms with Crippen LogP contribution in [-0.2, 0) is 17.1 Å². The van der Waals surface area contributed by atoms with Gasteiger partial charge in [0, 0.05) is 38.3 Å². The highest BCUT2D eigenvalue weighted by Gasteiger charge is 2.28. The second kappa shape index (κ2) is 8.20. The Hall–Kier alpha value is -2.32. The van der Waals surface area contributed by atoms with Crippen LogP contribution in [0.4, 0.5) is 0 Å². The Morgan fingerprint density at radius 1 is 1.24 bits per heavy atom. The number of hydrogen-bond acceptors (Lipinski definition) is 4. The standard InChI is InChI=1S/C21H29N3O4S/c1-6-24(7-2)29(26,27)16-12-19(23(5)13-16)21(25)22-18-8-9-28-20-15(4)10-14(3)11-17(18)20/h10-13,18H,6-9H2,1-5H3,(H,22,25). The molecule has 0 saturated heterocycles. The molecule has 1 aliphatic heterocycles. The molecule has 29 heavy (non-hydrogen) atoms. The molecule has 1 aromatic heterocycles. The second-order valence-corrected chi connectivity index (χ2v) is 9.36. The number of aromatic nitrogens is 1. The predicted molar refractivity (Wildman–Crippen MR) is 112 cm³/mol. The Bertz CT molecular complexity index is 1020. The van der Waals surface area contributed by atoms with Gasteiger partial charge in [0.25, 0.3) is 5.91 Å². The summed E-state index contributed by atoms with van der Waals surface area (Å²) in [5, 5.41) is 3.06. The van der Waals surface area contributed by atoms with Crippen molar-refractivity contribution in [1.29, 1.82) is 0 Å². The largest absolute Gasteiger partial charge is 0.493 e. The van der Waals surface area contributed by atoms with Crippen LogP contribution in [0.5, 0.6) is 5.75 Å². The molecular weight excluding hydrogens is 390 g/mol. The van der Waals surface area contributed by atoms with E-state index in [2.05, 4.69) is 11.4 Å². The molecular formula is C21H29N3O4S. The first-order valence-electron chi connectivity index (χ1n) is 9.90. The van der Waals surface area contributed by atoms with Crippen LogP contribution in [0, 0.1) is 13.8 Å². The summed E-state index contributed by atoms with van der Waals surface area (Å²) in [4.78, 5) is 13.1. The lowest BCUT2D eigenvalue weighted by molar-refractivity contribution is 0.0916. The van der Waals surface area contributed by atoms with Crippen LogP contribution < -0.4 is 10.1 Å². The topological polar surface area (TPSA) is 80.6 Å². The van der Waals surface area contributed by atoms with Gasteiger partial charge in [0.15, 0.2) is 0 Å². The fourth-order valence-corrected chi connectivity index (χ4v) is 5.40. The van der Waals surface area contributed by atoms with E-state index in [1.807, 2.05) is 19.9 Å². The average molecular weight is 420 g/mol. The van der Waals surface area contributed by atoms with E-state index in [1.165, 1.54) is 16.6 Å². The second-order valence-electron chi connectivity index (χ2n) is 7.42. The first-order chi connectivity index (χ1) is 13.7. The third-order valence-electron chi connectivity index (χ3n) is 5.34. The Kier molecular flexibility index (Phi) is 6.05. The summed E-state index contributed by atoms with van der Waals surface area (Å²) in [5.74, 6) is 0.523. The monoisotopic (exact) mass is 419 g/mol. The number of aryl methyl sites for hydroxylation is 3. The molecule has 1 amide bonds. The molecule has 158 valence electrons. The van der Waals surface area contributed by atoms with Crippen LogP contribution in [0.15, 0.2) is 29.3 Å².